The molecule has 0 amide bonds. The van der Waals surface area contributed by atoms with Gasteiger partial charge in [0.25, 0.3) is 0 Å². The molecule has 13 aromatic rings. The van der Waals surface area contributed by atoms with Crippen molar-refractivity contribution in [2.24, 2.45) is 5.14 Å². The number of para-hydroxylation sites is 1. The predicted molar refractivity (Wildman–Crippen MR) is 453 cm³/mol. The minimum atomic E-state index is -3.76. The second-order valence-corrected chi connectivity index (χ2v) is 31.9. The molecule has 10 N–H and O–H groups in total. The van der Waals surface area contributed by atoms with Crippen molar-refractivity contribution in [3.8, 4) is 56.2 Å². The lowest BCUT2D eigenvalue weighted by Gasteiger charge is -2.19. The second-order valence-electron chi connectivity index (χ2n) is 29.6. The maximum atomic E-state index is 12.7. The van der Waals surface area contributed by atoms with E-state index in [1.54, 1.807) is 92.6 Å². The minimum absolute atomic E-state index is 0.0148. The van der Waals surface area contributed by atoms with E-state index in [1.807, 2.05) is 184 Å². The topological polar surface area (TPSA) is 406 Å². The standard InChI is InChI=1S/C23H20ClN5O2.C21H25N5O4S.C21H24N4O2.C20H22ClN5O2/c1-3-31-22(30)21-20(15-7-5-4-6-8-15)19(14(2)27-21)17-11-12-25-23(29-17)28-16-9-10-18(24)26-13-16;1-12-17(13(2)24-18(12)19(27)30-21(3,4)5)16-10-11-23-20(26-16)25-14-6-8-15(9-7-14)31(22,28)29;1-13-17(14(2)23-18(13)19(26)27-21(3,4)5)16-11-12-22-20(25-16)24-15-9-7-6-8-10-15;1-11-16(12(2)24-17(11)18(27)28-20(3,4)5)14-8-9-22-19(26-14)25-13-6-7-15(21)23-10-13/h4-13,27H,3H2,1-2H3,(H,25,28,29);6-11,24H,1-5H3,(H2,22,28,29)(H,23,25,26);6-12,23H,1-5H3,(H,22,24,25);6-10,24H,1-5H3,(H,22,25,26). The number of nitrogens with zero attached hydrogens (tertiary/aromatic N) is 10. The molecular weight excluding hydrogens is 1550 g/mol. The molecule has 3 aromatic carbocycles. The lowest BCUT2D eigenvalue weighted by atomic mass is 9.98. The Labute approximate surface area is 687 Å². The lowest BCUT2D eigenvalue weighted by Crippen LogP contribution is -2.24. The number of primary sulfonamides is 1. The number of rotatable bonds is 19. The Morgan fingerprint density at radius 2 is 0.692 bits per heavy atom. The van der Waals surface area contributed by atoms with Gasteiger partial charge >= 0.3 is 23.9 Å². The highest BCUT2D eigenvalue weighted by atomic mass is 35.5. The number of carbonyl (C=O) groups excluding carboxylic acids is 4. The Morgan fingerprint density at radius 1 is 0.385 bits per heavy atom. The summed E-state index contributed by atoms with van der Waals surface area (Å²) in [7, 11) is -3.76. The van der Waals surface area contributed by atoms with Gasteiger partial charge in [-0.25, -0.2) is 82.6 Å². The zero-order valence-electron chi connectivity index (χ0n) is 67.7. The highest BCUT2D eigenvalue weighted by Gasteiger charge is 2.30. The fourth-order valence-corrected chi connectivity index (χ4v) is 12.8. The second kappa shape index (κ2) is 37.1. The average Bonchev–Trinajstić information content (AvgIpc) is 1.66. The molecule has 0 bridgehead atoms. The van der Waals surface area contributed by atoms with Gasteiger partial charge in [-0.3, -0.25) is 0 Å². The highest BCUT2D eigenvalue weighted by Crippen LogP contribution is 2.39. The molecule has 0 saturated carbocycles. The molecule has 0 atom stereocenters. The Kier molecular flexibility index (Phi) is 27.4. The molecule has 32 heteroatoms. The first-order valence-electron chi connectivity index (χ1n) is 36.9. The molecule has 13 rings (SSSR count). The molecule has 29 nitrogen and oxygen atoms in total. The van der Waals surface area contributed by atoms with E-state index in [9.17, 15) is 27.6 Å². The van der Waals surface area contributed by atoms with Gasteiger partial charge in [-0.05, 0) is 225 Å². The zero-order valence-corrected chi connectivity index (χ0v) is 70.0. The fourth-order valence-electron chi connectivity index (χ4n) is 12.1. The van der Waals surface area contributed by atoms with E-state index in [-0.39, 0.29) is 23.4 Å². The number of H-pyrrole nitrogens is 4. The number of nitrogens with two attached hydrogens (primary N) is 1. The van der Waals surface area contributed by atoms with Crippen LogP contribution in [0.25, 0.3) is 56.2 Å². The van der Waals surface area contributed by atoms with E-state index in [4.69, 9.17) is 47.3 Å². The number of pyridine rings is 2. The Balaban J connectivity index is 0.000000165. The van der Waals surface area contributed by atoms with E-state index in [0.29, 0.717) is 85.3 Å². The van der Waals surface area contributed by atoms with Crippen LogP contribution >= 0.6 is 23.2 Å². The van der Waals surface area contributed by atoms with Gasteiger partial charge in [0.1, 0.15) is 49.9 Å². The van der Waals surface area contributed by atoms with E-state index in [0.717, 1.165) is 89.9 Å². The number of sulfonamides is 1. The third-order valence-corrected chi connectivity index (χ3v) is 18.3. The van der Waals surface area contributed by atoms with Gasteiger partial charge in [-0.1, -0.05) is 71.7 Å². The van der Waals surface area contributed by atoms with E-state index < -0.39 is 38.8 Å². The molecule has 0 unspecified atom stereocenters. The van der Waals surface area contributed by atoms with Gasteiger partial charge in [0.05, 0.1) is 58.0 Å². The van der Waals surface area contributed by atoms with Crippen LogP contribution < -0.4 is 26.4 Å². The summed E-state index contributed by atoms with van der Waals surface area (Å²) >= 11 is 11.7. The SMILES string of the molecule is CCOC(=O)c1[nH]c(C)c(-c2ccnc(Nc3ccc(Cl)nc3)n2)c1-c1ccccc1.Cc1[nH]c(C(=O)OC(C)(C)C)c(C)c1-c1ccnc(Nc2ccc(Cl)nc2)n1.Cc1[nH]c(C(=O)OC(C)(C)C)c(C)c1-c1ccnc(Nc2ccc(S(N)(=O)=O)cc2)n1.Cc1[nH]c(C(=O)OC(C)(C)C)c(C)c1-c1ccnc(Nc2ccccc2)n1. The monoisotopic (exact) mass is 1640 g/mol. The smallest absolute Gasteiger partial charge is 0.355 e. The van der Waals surface area contributed by atoms with Crippen LogP contribution in [0.15, 0.2) is 176 Å². The molecule has 10 heterocycles. The number of carbonyl (C=O) groups is 4. The maximum absolute atomic E-state index is 12.7. The van der Waals surface area contributed by atoms with Crippen molar-refractivity contribution in [3.05, 3.63) is 243 Å². The quantitative estimate of drug-likeness (QED) is 0.0206. The molecule has 0 aliphatic carbocycles. The van der Waals surface area contributed by atoms with E-state index in [2.05, 4.69) is 91.0 Å². The summed E-state index contributed by atoms with van der Waals surface area (Å²) in [5.74, 6) is 0.0404. The molecule has 0 saturated heterocycles. The summed E-state index contributed by atoms with van der Waals surface area (Å²) in [4.78, 5) is 106. The van der Waals surface area contributed by atoms with Crippen LogP contribution in [-0.2, 0) is 29.0 Å². The van der Waals surface area contributed by atoms with Gasteiger partial charge in [0, 0.05) is 86.8 Å². The minimum Gasteiger partial charge on any atom is -0.461 e. The lowest BCUT2D eigenvalue weighted by molar-refractivity contribution is 0.00502. The summed E-state index contributed by atoms with van der Waals surface area (Å²) in [6, 6.07) is 39.5. The van der Waals surface area contributed by atoms with Crippen LogP contribution in [-0.4, -0.2) is 125 Å². The van der Waals surface area contributed by atoms with Gasteiger partial charge in [0.2, 0.25) is 33.8 Å². The number of aryl methyl sites for hydroxylation is 4. The number of aromatic amines is 4. The van der Waals surface area contributed by atoms with Gasteiger partial charge in [-0.15, -0.1) is 0 Å². The molecule has 0 aliphatic rings. The number of esters is 4. The van der Waals surface area contributed by atoms with Crippen LogP contribution in [0.3, 0.4) is 0 Å². The van der Waals surface area contributed by atoms with Crippen molar-refractivity contribution in [3.63, 3.8) is 0 Å². The van der Waals surface area contributed by atoms with E-state index in [1.165, 1.54) is 12.1 Å². The predicted octanol–water partition coefficient (Wildman–Crippen LogP) is 18.5. The van der Waals surface area contributed by atoms with Crippen molar-refractivity contribution in [1.29, 1.82) is 0 Å². The van der Waals surface area contributed by atoms with Crippen LogP contribution in [0.2, 0.25) is 10.3 Å². The number of nitrogens with one attached hydrogen (secondary N) is 8. The van der Waals surface area contributed by atoms with Crippen molar-refractivity contribution in [1.82, 2.24) is 69.8 Å². The first kappa shape index (κ1) is 86.4. The Hall–Kier alpha value is -13.0. The Bertz CT molecular complexity index is 5820. The van der Waals surface area contributed by atoms with Crippen LogP contribution in [0.1, 0.15) is 151 Å². The van der Waals surface area contributed by atoms with Crippen LogP contribution in [0.5, 0.6) is 0 Å². The molecule has 0 aliphatic heterocycles. The maximum Gasteiger partial charge on any atom is 0.355 e. The first-order valence-corrected chi connectivity index (χ1v) is 39.2. The number of hydrogen-bond acceptors (Lipinski definition) is 24. The van der Waals surface area contributed by atoms with E-state index >= 15 is 0 Å². The third kappa shape index (κ3) is 23.1. The number of aromatic nitrogens is 14. The fraction of sp³-hybridized carbons (Fsp3) is 0.247. The number of benzene rings is 3. The van der Waals surface area contributed by atoms with Crippen molar-refractivity contribution in [2.45, 2.75) is 139 Å². The Morgan fingerprint density at radius 3 is 1.02 bits per heavy atom. The van der Waals surface area contributed by atoms with Crippen LogP contribution in [0, 0.1) is 48.5 Å². The van der Waals surface area contributed by atoms with Gasteiger partial charge in [0.15, 0.2) is 0 Å². The number of hydrogen-bond donors (Lipinski definition) is 9. The van der Waals surface area contributed by atoms with Crippen LogP contribution in [0.4, 0.5) is 46.5 Å². The summed E-state index contributed by atoms with van der Waals surface area (Å²) in [5.41, 5.74) is 16.2. The molecule has 606 valence electrons. The summed E-state index contributed by atoms with van der Waals surface area (Å²) in [6.07, 6.45) is 9.83. The highest BCUT2D eigenvalue weighted by molar-refractivity contribution is 7.89. The molecular formula is C85H91Cl2N19O10S. The summed E-state index contributed by atoms with van der Waals surface area (Å²) in [5, 5.41) is 18.4. The first-order chi connectivity index (χ1) is 55.3. The number of halogens is 2. The van der Waals surface area contributed by atoms with Crippen molar-refractivity contribution < 1.29 is 46.5 Å². The number of ether oxygens (including phenoxy) is 4. The van der Waals surface area contributed by atoms with Gasteiger partial charge < -0.3 is 60.2 Å². The summed E-state index contributed by atoms with van der Waals surface area (Å²) in [6.45, 7) is 31.8. The molecule has 0 radical (unpaired) electrons. The third-order valence-electron chi connectivity index (χ3n) is 16.9. The van der Waals surface area contributed by atoms with Crippen molar-refractivity contribution >= 4 is 104 Å². The molecule has 0 spiro atoms. The summed E-state index contributed by atoms with van der Waals surface area (Å²) < 4.78 is 44.5. The molecule has 10 aromatic heterocycles. The van der Waals surface area contributed by atoms with Crippen molar-refractivity contribution in [2.75, 3.05) is 27.9 Å². The normalized spacial score (nSPS) is 11.3. The zero-order chi connectivity index (χ0) is 84.8. The number of anilines is 8. The van der Waals surface area contributed by atoms with Gasteiger partial charge in [-0.2, -0.15) is 0 Å². The molecule has 0 fully saturated rings. The molecule has 117 heavy (non-hydrogen) atoms. The average molecular weight is 1640 g/mol. The largest absolute Gasteiger partial charge is 0.461 e.